The van der Waals surface area contributed by atoms with Crippen molar-refractivity contribution in [3.63, 3.8) is 0 Å². The predicted octanol–water partition coefficient (Wildman–Crippen LogP) is 3.21. The zero-order valence-corrected chi connectivity index (χ0v) is 8.26. The summed E-state index contributed by atoms with van der Waals surface area (Å²) in [5.41, 5.74) is 0. The molecule has 0 aliphatic heterocycles. The van der Waals surface area contributed by atoms with E-state index in [-0.39, 0.29) is 21.5 Å². The molecule has 10 heavy (non-hydrogen) atoms. The van der Waals surface area contributed by atoms with Crippen molar-refractivity contribution in [1.29, 1.82) is 0 Å². The zero-order valence-electron chi connectivity index (χ0n) is 5.24. The molecule has 1 saturated carbocycles. The van der Waals surface area contributed by atoms with Gasteiger partial charge in [-0.1, -0.05) is 0 Å². The normalized spacial score (nSPS) is 49.2. The van der Waals surface area contributed by atoms with Crippen LogP contribution in [0.1, 0.15) is 12.8 Å². The largest absolute Gasteiger partial charge is 0.121 e. The van der Waals surface area contributed by atoms with E-state index in [1.54, 1.807) is 0 Å². The molecular formula is C6H8Cl4. The quantitative estimate of drug-likeness (QED) is 0.552. The van der Waals surface area contributed by atoms with Crippen molar-refractivity contribution >= 4 is 46.4 Å². The van der Waals surface area contributed by atoms with Gasteiger partial charge < -0.3 is 0 Å². The van der Waals surface area contributed by atoms with Gasteiger partial charge in [0.1, 0.15) is 0 Å². The Kier molecular flexibility index (Phi) is 3.43. The Morgan fingerprint density at radius 3 is 1.30 bits per heavy atom. The van der Waals surface area contributed by atoms with Gasteiger partial charge in [-0.15, -0.1) is 46.4 Å². The molecule has 0 aromatic rings. The summed E-state index contributed by atoms with van der Waals surface area (Å²) in [7, 11) is 0. The fourth-order valence-electron chi connectivity index (χ4n) is 1.04. The van der Waals surface area contributed by atoms with E-state index in [1.807, 2.05) is 0 Å². The van der Waals surface area contributed by atoms with E-state index < -0.39 is 0 Å². The molecule has 0 nitrogen and oxygen atoms in total. The molecule has 0 aromatic carbocycles. The minimum Gasteiger partial charge on any atom is -0.121 e. The van der Waals surface area contributed by atoms with Crippen LogP contribution >= 0.6 is 46.4 Å². The summed E-state index contributed by atoms with van der Waals surface area (Å²) in [5, 5.41) is -0.391. The van der Waals surface area contributed by atoms with Gasteiger partial charge in [0.15, 0.2) is 0 Å². The second-order valence-corrected chi connectivity index (χ2v) is 4.63. The van der Waals surface area contributed by atoms with Crippen LogP contribution in [0.3, 0.4) is 0 Å². The lowest BCUT2D eigenvalue weighted by Crippen LogP contribution is -2.37. The van der Waals surface area contributed by atoms with Crippen LogP contribution in [0.2, 0.25) is 0 Å². The standard InChI is InChI=1S/C6H8Cl4/c7-3-1-2-4(8)6(10)5(3)9/h3-6H,1-2H2/t3-,4-,5-,6-/m0/s1. The van der Waals surface area contributed by atoms with Crippen molar-refractivity contribution in [2.45, 2.75) is 34.3 Å². The van der Waals surface area contributed by atoms with Crippen molar-refractivity contribution < 1.29 is 0 Å². The number of halogens is 4. The average molecular weight is 222 g/mol. The van der Waals surface area contributed by atoms with Crippen LogP contribution in [0, 0.1) is 0 Å². The fourth-order valence-corrected chi connectivity index (χ4v) is 2.35. The highest BCUT2D eigenvalue weighted by molar-refractivity contribution is 6.38. The molecule has 0 radical (unpaired) electrons. The molecule has 0 unspecified atom stereocenters. The van der Waals surface area contributed by atoms with E-state index in [9.17, 15) is 0 Å². The predicted molar refractivity (Wildman–Crippen MR) is 47.8 cm³/mol. The maximum atomic E-state index is 5.86. The smallest absolute Gasteiger partial charge is 0.0677 e. The minimum atomic E-state index is -0.181. The zero-order chi connectivity index (χ0) is 7.72. The first-order valence-corrected chi connectivity index (χ1v) is 4.94. The molecule has 1 aliphatic rings. The monoisotopic (exact) mass is 220 g/mol. The van der Waals surface area contributed by atoms with E-state index >= 15 is 0 Å². The van der Waals surface area contributed by atoms with Crippen LogP contribution in [0.25, 0.3) is 0 Å². The number of hydrogen-bond acceptors (Lipinski definition) is 0. The molecule has 0 N–H and O–H groups in total. The second kappa shape index (κ2) is 3.71. The first kappa shape index (κ1) is 9.25. The summed E-state index contributed by atoms with van der Waals surface area (Å²) in [6, 6.07) is 0. The molecule has 0 bridgehead atoms. The molecule has 4 heteroatoms. The van der Waals surface area contributed by atoms with Gasteiger partial charge in [-0.05, 0) is 12.8 Å². The maximum Gasteiger partial charge on any atom is 0.0677 e. The van der Waals surface area contributed by atoms with Crippen LogP contribution in [0.15, 0.2) is 0 Å². The lowest BCUT2D eigenvalue weighted by molar-refractivity contribution is 0.531. The summed E-state index contributed by atoms with van der Waals surface area (Å²) >= 11 is 23.4. The van der Waals surface area contributed by atoms with E-state index in [1.165, 1.54) is 0 Å². The van der Waals surface area contributed by atoms with E-state index in [4.69, 9.17) is 46.4 Å². The molecule has 1 aliphatic carbocycles. The Morgan fingerprint density at radius 1 is 0.700 bits per heavy atom. The molecule has 0 amide bonds. The Morgan fingerprint density at radius 2 is 1.00 bits per heavy atom. The minimum absolute atomic E-state index is 0.0147. The molecule has 60 valence electrons. The summed E-state index contributed by atoms with van der Waals surface area (Å²) in [6.45, 7) is 0. The average Bonchev–Trinajstić information content (AvgIpc) is 1.93. The van der Waals surface area contributed by atoms with Gasteiger partial charge in [0.25, 0.3) is 0 Å². The van der Waals surface area contributed by atoms with Crippen molar-refractivity contribution in [3.05, 3.63) is 0 Å². The Bertz CT molecular complexity index is 102. The van der Waals surface area contributed by atoms with Crippen LogP contribution in [0.5, 0.6) is 0 Å². The fraction of sp³-hybridized carbons (Fsp3) is 1.00. The molecule has 0 saturated heterocycles. The van der Waals surface area contributed by atoms with Crippen molar-refractivity contribution in [3.8, 4) is 0 Å². The lowest BCUT2D eigenvalue weighted by Gasteiger charge is -2.30. The molecule has 0 heterocycles. The molecule has 4 atom stereocenters. The highest BCUT2D eigenvalue weighted by atomic mass is 35.5. The van der Waals surface area contributed by atoms with Crippen LogP contribution < -0.4 is 0 Å². The van der Waals surface area contributed by atoms with E-state index in [0.29, 0.717) is 0 Å². The first-order chi connectivity index (χ1) is 4.63. The molecule has 0 aromatic heterocycles. The summed E-state index contributed by atoms with van der Waals surface area (Å²) in [5.74, 6) is 0. The highest BCUT2D eigenvalue weighted by Gasteiger charge is 2.35. The van der Waals surface area contributed by atoms with Gasteiger partial charge in [-0.2, -0.15) is 0 Å². The Labute approximate surface area is 80.8 Å². The van der Waals surface area contributed by atoms with E-state index in [0.717, 1.165) is 12.8 Å². The van der Waals surface area contributed by atoms with Gasteiger partial charge in [0.2, 0.25) is 0 Å². The van der Waals surface area contributed by atoms with Gasteiger partial charge in [0, 0.05) is 0 Å². The third kappa shape index (κ3) is 1.85. The lowest BCUT2D eigenvalue weighted by atomic mass is 9.99. The van der Waals surface area contributed by atoms with Crippen molar-refractivity contribution in [2.75, 3.05) is 0 Å². The Hall–Kier alpha value is 1.16. The van der Waals surface area contributed by atoms with Crippen molar-refractivity contribution in [1.82, 2.24) is 0 Å². The van der Waals surface area contributed by atoms with Gasteiger partial charge in [-0.25, -0.2) is 0 Å². The van der Waals surface area contributed by atoms with Gasteiger partial charge in [-0.3, -0.25) is 0 Å². The summed E-state index contributed by atoms with van der Waals surface area (Å²) in [4.78, 5) is 0. The van der Waals surface area contributed by atoms with Gasteiger partial charge in [0.05, 0.1) is 21.5 Å². The van der Waals surface area contributed by atoms with Gasteiger partial charge >= 0.3 is 0 Å². The van der Waals surface area contributed by atoms with Crippen LogP contribution in [-0.2, 0) is 0 Å². The molecule has 1 rings (SSSR count). The number of alkyl halides is 4. The highest BCUT2D eigenvalue weighted by Crippen LogP contribution is 2.34. The van der Waals surface area contributed by atoms with Crippen molar-refractivity contribution in [2.24, 2.45) is 0 Å². The SMILES string of the molecule is Cl[C@@H]1[C@@H](Cl)[C@@H](Cl)CC[C@@H]1Cl. The molecule has 0 spiro atoms. The third-order valence-electron chi connectivity index (χ3n) is 1.71. The third-order valence-corrected chi connectivity index (χ3v) is 4.23. The second-order valence-electron chi connectivity index (χ2n) is 2.50. The summed E-state index contributed by atoms with van der Waals surface area (Å²) < 4.78 is 0. The maximum absolute atomic E-state index is 5.86. The first-order valence-electron chi connectivity index (χ1n) is 3.19. The number of hydrogen-bond donors (Lipinski definition) is 0. The Balaban J connectivity index is 2.52. The van der Waals surface area contributed by atoms with E-state index in [2.05, 4.69) is 0 Å². The summed E-state index contributed by atoms with van der Waals surface area (Å²) in [6.07, 6.45) is 1.74. The topological polar surface area (TPSA) is 0 Å². The van der Waals surface area contributed by atoms with Crippen LogP contribution in [-0.4, -0.2) is 21.5 Å². The molecule has 1 fully saturated rings. The van der Waals surface area contributed by atoms with Crippen LogP contribution in [0.4, 0.5) is 0 Å². The number of rotatable bonds is 0. The molecular weight excluding hydrogens is 214 g/mol.